The number of amides is 1. The van der Waals surface area contributed by atoms with Gasteiger partial charge in [-0.05, 0) is 30.3 Å². The molecule has 0 aromatic heterocycles. The Morgan fingerprint density at radius 3 is 2.38 bits per heavy atom. The minimum absolute atomic E-state index is 0.104. The Morgan fingerprint density at radius 1 is 1.15 bits per heavy atom. The fourth-order valence-corrected chi connectivity index (χ4v) is 3.87. The molecule has 0 unspecified atom stereocenters. The zero-order valence-corrected chi connectivity index (χ0v) is 14.8. The molecule has 2 rings (SSSR count). The second kappa shape index (κ2) is 7.51. The van der Waals surface area contributed by atoms with E-state index in [1.807, 2.05) is 0 Å². The Labute approximate surface area is 153 Å². The number of rotatable bonds is 5. The smallest absolute Gasteiger partial charge is 0.268 e. The molecule has 0 bridgehead atoms. The zero-order chi connectivity index (χ0) is 19.5. The number of carbonyl (C=O) groups is 1. The molecule has 2 aromatic carbocycles. The van der Waals surface area contributed by atoms with E-state index >= 15 is 0 Å². The van der Waals surface area contributed by atoms with Crippen LogP contribution in [0.4, 0.5) is 13.2 Å². The molecule has 0 aliphatic carbocycles. The molecular weight excluding hydrogens is 391 g/mol. The first kappa shape index (κ1) is 20.0. The summed E-state index contributed by atoms with van der Waals surface area (Å²) in [4.78, 5) is 12.4. The molecule has 0 N–H and O–H groups in total. The maximum Gasteiger partial charge on any atom is 0.417 e. The first-order valence-corrected chi connectivity index (χ1v) is 9.00. The minimum atomic E-state index is -4.81. The van der Waals surface area contributed by atoms with E-state index in [4.69, 9.17) is 11.6 Å². The number of carbonyl (C=O) groups excluding carboxylic acids is 1. The van der Waals surface area contributed by atoms with Crippen molar-refractivity contribution in [1.29, 1.82) is 0 Å². The SMILES string of the molecule is C=CCN(C(=O)c1ccccc1C(F)(F)F)S(=O)(=O)c1cccc(Cl)c1. The molecule has 0 saturated carbocycles. The van der Waals surface area contributed by atoms with Gasteiger partial charge in [-0.15, -0.1) is 6.58 Å². The van der Waals surface area contributed by atoms with Crippen LogP contribution in [0, 0.1) is 0 Å². The number of nitrogens with zero attached hydrogens (tertiary/aromatic N) is 1. The van der Waals surface area contributed by atoms with Gasteiger partial charge in [0.15, 0.2) is 0 Å². The largest absolute Gasteiger partial charge is 0.417 e. The topological polar surface area (TPSA) is 54.5 Å². The highest BCUT2D eigenvalue weighted by molar-refractivity contribution is 7.89. The molecular formula is C17H13ClF3NO3S. The lowest BCUT2D eigenvalue weighted by molar-refractivity contribution is -0.138. The highest BCUT2D eigenvalue weighted by atomic mass is 35.5. The van der Waals surface area contributed by atoms with Crippen LogP contribution in [-0.2, 0) is 16.2 Å². The van der Waals surface area contributed by atoms with E-state index in [0.29, 0.717) is 10.4 Å². The maximum atomic E-state index is 13.2. The third-order valence-corrected chi connectivity index (χ3v) is 5.35. The quantitative estimate of drug-likeness (QED) is 0.696. The Kier molecular flexibility index (Phi) is 5.77. The van der Waals surface area contributed by atoms with Gasteiger partial charge in [0.1, 0.15) is 0 Å². The van der Waals surface area contributed by atoms with Gasteiger partial charge in [-0.25, -0.2) is 12.7 Å². The van der Waals surface area contributed by atoms with Crippen molar-refractivity contribution in [3.05, 3.63) is 77.3 Å². The molecule has 0 atom stereocenters. The van der Waals surface area contributed by atoms with Crippen molar-refractivity contribution in [3.63, 3.8) is 0 Å². The lowest BCUT2D eigenvalue weighted by atomic mass is 10.1. The van der Waals surface area contributed by atoms with Gasteiger partial charge in [0.05, 0.1) is 22.6 Å². The van der Waals surface area contributed by atoms with E-state index in [9.17, 15) is 26.4 Å². The van der Waals surface area contributed by atoms with E-state index in [1.165, 1.54) is 24.3 Å². The van der Waals surface area contributed by atoms with Gasteiger partial charge in [-0.3, -0.25) is 4.79 Å². The number of benzene rings is 2. The Bertz CT molecular complexity index is 942. The first-order valence-electron chi connectivity index (χ1n) is 7.19. The first-order chi connectivity index (χ1) is 12.1. The van der Waals surface area contributed by atoms with Crippen LogP contribution >= 0.6 is 11.6 Å². The van der Waals surface area contributed by atoms with Gasteiger partial charge in [-0.1, -0.05) is 35.9 Å². The number of hydrogen-bond donors (Lipinski definition) is 0. The molecule has 0 fully saturated rings. The van der Waals surface area contributed by atoms with Gasteiger partial charge < -0.3 is 0 Å². The van der Waals surface area contributed by atoms with Gasteiger partial charge in [0, 0.05) is 5.02 Å². The summed E-state index contributed by atoms with van der Waals surface area (Å²) in [5, 5.41) is 0.104. The predicted molar refractivity (Wildman–Crippen MR) is 91.3 cm³/mol. The number of sulfonamides is 1. The molecule has 1 amide bonds. The highest BCUT2D eigenvalue weighted by Crippen LogP contribution is 2.33. The van der Waals surface area contributed by atoms with Crippen LogP contribution in [0.25, 0.3) is 0 Å². The summed E-state index contributed by atoms with van der Waals surface area (Å²) >= 11 is 5.78. The highest BCUT2D eigenvalue weighted by Gasteiger charge is 2.38. The molecule has 138 valence electrons. The minimum Gasteiger partial charge on any atom is -0.268 e. The van der Waals surface area contributed by atoms with Crippen molar-refractivity contribution in [1.82, 2.24) is 4.31 Å². The average molecular weight is 404 g/mol. The van der Waals surface area contributed by atoms with Crippen LogP contribution < -0.4 is 0 Å². The van der Waals surface area contributed by atoms with Gasteiger partial charge in [-0.2, -0.15) is 13.2 Å². The molecule has 0 saturated heterocycles. The van der Waals surface area contributed by atoms with Crippen molar-refractivity contribution in [3.8, 4) is 0 Å². The molecule has 0 heterocycles. The number of alkyl halides is 3. The van der Waals surface area contributed by atoms with Crippen LogP contribution in [0.5, 0.6) is 0 Å². The van der Waals surface area contributed by atoms with E-state index < -0.39 is 39.8 Å². The summed E-state index contributed by atoms with van der Waals surface area (Å²) in [6.07, 6.45) is -3.71. The summed E-state index contributed by atoms with van der Waals surface area (Å²) in [5.41, 5.74) is -1.99. The summed E-state index contributed by atoms with van der Waals surface area (Å²) < 4.78 is 65.4. The van der Waals surface area contributed by atoms with E-state index in [-0.39, 0.29) is 9.92 Å². The lowest BCUT2D eigenvalue weighted by Crippen LogP contribution is -2.38. The van der Waals surface area contributed by atoms with Gasteiger partial charge in [0.25, 0.3) is 15.9 Å². The molecule has 0 aliphatic rings. The van der Waals surface area contributed by atoms with Crippen molar-refractivity contribution in [2.75, 3.05) is 6.54 Å². The van der Waals surface area contributed by atoms with Crippen LogP contribution in [0.1, 0.15) is 15.9 Å². The second-order valence-electron chi connectivity index (χ2n) is 5.13. The third-order valence-electron chi connectivity index (χ3n) is 3.37. The fourth-order valence-electron chi connectivity index (χ4n) is 2.21. The van der Waals surface area contributed by atoms with Gasteiger partial charge in [0.2, 0.25) is 0 Å². The predicted octanol–water partition coefficient (Wildman–Crippen LogP) is 4.38. The molecule has 0 radical (unpaired) electrons. The van der Waals surface area contributed by atoms with Crippen molar-refractivity contribution >= 4 is 27.5 Å². The summed E-state index contributed by atoms with van der Waals surface area (Å²) in [7, 11) is -4.43. The summed E-state index contributed by atoms with van der Waals surface area (Å²) in [6.45, 7) is 2.87. The Balaban J connectivity index is 2.58. The Morgan fingerprint density at radius 2 is 1.81 bits per heavy atom. The fraction of sp³-hybridized carbons (Fsp3) is 0.118. The second-order valence-corrected chi connectivity index (χ2v) is 7.43. The summed E-state index contributed by atoms with van der Waals surface area (Å²) in [5.74, 6) is -1.31. The van der Waals surface area contributed by atoms with Crippen LogP contribution in [0.3, 0.4) is 0 Å². The lowest BCUT2D eigenvalue weighted by Gasteiger charge is -2.23. The standard InChI is InChI=1S/C17H13ClF3NO3S/c1-2-10-22(26(24,25)13-7-5-6-12(18)11-13)16(23)14-8-3-4-9-15(14)17(19,20)21/h2-9,11H,1,10H2. The molecule has 2 aromatic rings. The molecule has 0 aliphatic heterocycles. The number of hydrogen-bond acceptors (Lipinski definition) is 3. The zero-order valence-electron chi connectivity index (χ0n) is 13.2. The van der Waals surface area contributed by atoms with Crippen molar-refractivity contribution < 1.29 is 26.4 Å². The monoisotopic (exact) mass is 403 g/mol. The molecule has 26 heavy (non-hydrogen) atoms. The summed E-state index contributed by atoms with van der Waals surface area (Å²) in [6, 6.07) is 9.06. The molecule has 0 spiro atoms. The van der Waals surface area contributed by atoms with Crippen LogP contribution in [-0.4, -0.2) is 25.2 Å². The van der Waals surface area contributed by atoms with Gasteiger partial charge >= 0.3 is 6.18 Å². The maximum absolute atomic E-state index is 13.2. The molecule has 4 nitrogen and oxygen atoms in total. The van der Waals surface area contributed by atoms with E-state index in [1.54, 1.807) is 0 Å². The average Bonchev–Trinajstić information content (AvgIpc) is 2.58. The third kappa shape index (κ3) is 4.08. The number of halogens is 4. The van der Waals surface area contributed by atoms with E-state index in [0.717, 1.165) is 24.3 Å². The van der Waals surface area contributed by atoms with Crippen LogP contribution in [0.2, 0.25) is 5.02 Å². The Hall–Kier alpha value is -2.32. The molecule has 9 heteroatoms. The van der Waals surface area contributed by atoms with Crippen molar-refractivity contribution in [2.45, 2.75) is 11.1 Å². The van der Waals surface area contributed by atoms with Crippen molar-refractivity contribution in [2.24, 2.45) is 0 Å². The van der Waals surface area contributed by atoms with Crippen LogP contribution in [0.15, 0.2) is 66.1 Å². The normalized spacial score (nSPS) is 11.8. The van der Waals surface area contributed by atoms with E-state index in [2.05, 4.69) is 6.58 Å².